The monoisotopic (exact) mass is 891 g/mol. The Labute approximate surface area is 373 Å². The lowest BCUT2D eigenvalue weighted by molar-refractivity contribution is -0.177. The first-order chi connectivity index (χ1) is 26.9. The Hall–Kier alpha value is -1.41. The Morgan fingerprint density at radius 1 is 0.783 bits per heavy atom. The second-order valence-electron chi connectivity index (χ2n) is 23.3. The van der Waals surface area contributed by atoms with Gasteiger partial charge in [0.25, 0.3) is 0 Å². The van der Waals surface area contributed by atoms with Crippen LogP contribution >= 0.6 is 0 Å². The topological polar surface area (TPSA) is 91.3 Å². The number of hydrogen-bond donors (Lipinski definition) is 1. The second kappa shape index (κ2) is 22.0. The molecular formula is C50H94O7Si3. The van der Waals surface area contributed by atoms with E-state index in [9.17, 15) is 14.7 Å². The van der Waals surface area contributed by atoms with Crippen LogP contribution in [0, 0.1) is 41.4 Å². The van der Waals surface area contributed by atoms with Crippen LogP contribution in [0.1, 0.15) is 131 Å². The number of aliphatic hydroxyl groups is 1. The van der Waals surface area contributed by atoms with Gasteiger partial charge < -0.3 is 23.1 Å². The van der Waals surface area contributed by atoms with Crippen LogP contribution in [0.3, 0.4) is 0 Å². The molecule has 0 aromatic rings. The number of ketones is 1. The average molecular weight is 892 g/mol. The van der Waals surface area contributed by atoms with Crippen molar-refractivity contribution in [2.24, 2.45) is 41.4 Å². The van der Waals surface area contributed by atoms with Crippen LogP contribution in [0.4, 0.5) is 0 Å². The van der Waals surface area contributed by atoms with E-state index >= 15 is 0 Å². The number of aliphatic hydroxyl groups excluding tert-OH is 1. The van der Waals surface area contributed by atoms with Gasteiger partial charge in [0, 0.05) is 30.1 Å². The number of esters is 1. The Kier molecular flexibility index (Phi) is 20.7. The smallest absolute Gasteiger partial charge is 0.311 e. The molecule has 0 unspecified atom stereocenters. The molecule has 1 heterocycles. The molecule has 1 fully saturated rings. The quantitative estimate of drug-likeness (QED) is 0.0531. The van der Waals surface area contributed by atoms with Gasteiger partial charge in [0.15, 0.2) is 25.0 Å². The zero-order chi connectivity index (χ0) is 47.1. The van der Waals surface area contributed by atoms with E-state index in [-0.39, 0.29) is 86.8 Å². The van der Waals surface area contributed by atoms with Crippen LogP contribution in [-0.2, 0) is 27.6 Å². The highest BCUT2D eigenvalue weighted by atomic mass is 28.4. The van der Waals surface area contributed by atoms with Gasteiger partial charge >= 0.3 is 5.97 Å². The van der Waals surface area contributed by atoms with Crippen LogP contribution in [-0.4, -0.2) is 72.3 Å². The van der Waals surface area contributed by atoms with Gasteiger partial charge in [-0.1, -0.05) is 152 Å². The molecule has 1 aliphatic heterocycles. The summed E-state index contributed by atoms with van der Waals surface area (Å²) in [5, 5.41) is 11.0. The second-order valence-corrected chi connectivity index (χ2v) is 37.6. The zero-order valence-corrected chi connectivity index (χ0v) is 45.9. The highest BCUT2D eigenvalue weighted by Gasteiger charge is 2.49. The van der Waals surface area contributed by atoms with E-state index in [1.54, 1.807) is 6.08 Å². The lowest BCUT2D eigenvalue weighted by atomic mass is 9.82. The van der Waals surface area contributed by atoms with E-state index in [0.29, 0.717) is 12.8 Å². The Morgan fingerprint density at radius 3 is 1.77 bits per heavy atom. The molecule has 0 aromatic carbocycles. The molecule has 1 aliphatic rings. The number of allylic oxidation sites excluding steroid dienone is 3. The number of hydrogen-bond acceptors (Lipinski definition) is 7. The molecule has 0 amide bonds. The number of Topliss-reactive ketones (excluding diaryl/α,β-unsaturated/α-hetero) is 1. The predicted octanol–water partition coefficient (Wildman–Crippen LogP) is 13.5. The van der Waals surface area contributed by atoms with Crippen molar-refractivity contribution in [3.05, 3.63) is 48.6 Å². The number of cyclic esters (lactones) is 1. The van der Waals surface area contributed by atoms with Gasteiger partial charge in [-0.25, -0.2) is 0 Å². The lowest BCUT2D eigenvalue weighted by Crippen LogP contribution is -2.55. The molecule has 12 atom stereocenters. The Bertz CT molecular complexity index is 1490. The molecule has 1 N–H and O–H groups in total. The molecule has 10 heteroatoms. The zero-order valence-electron chi connectivity index (χ0n) is 42.9. The maximum absolute atomic E-state index is 13.5. The standard InChI is InChI=1S/C50H94O7Si3/c1-25-26-27-34(3)43(51)39(8)44(52)36(5)30-33(2)31-37(6)45(56-59(21,22)49(13,14)15)35(4)28-29-41(55-58(19,20)48(10,11)12)32-42-38(7)46(40(9)47(53)54-42)57-60(23,24)50(16,17)18/h25-29,31,34-43,45-46,51H,1,30,32H2,2-24H3/b27-26-,29-28-,33-31-/t34-,35-,36-,37-,38-,39+,40+,41+,42-,43-,45-,46-/m0/s1. The average Bonchev–Trinajstić information content (AvgIpc) is 3.09. The van der Waals surface area contributed by atoms with Gasteiger partial charge in [-0.2, -0.15) is 0 Å². The van der Waals surface area contributed by atoms with E-state index in [2.05, 4.69) is 154 Å². The molecule has 60 heavy (non-hydrogen) atoms. The molecule has 1 saturated heterocycles. The summed E-state index contributed by atoms with van der Waals surface area (Å²) in [6.45, 7) is 54.2. The fourth-order valence-corrected chi connectivity index (χ4v) is 11.6. The minimum atomic E-state index is -2.24. The van der Waals surface area contributed by atoms with Gasteiger partial charge in [-0.3, -0.25) is 9.59 Å². The van der Waals surface area contributed by atoms with E-state index in [0.717, 1.165) is 5.57 Å². The summed E-state index contributed by atoms with van der Waals surface area (Å²) in [5.41, 5.74) is 1.14. The maximum Gasteiger partial charge on any atom is 0.311 e. The molecule has 0 radical (unpaired) electrons. The van der Waals surface area contributed by atoms with Crippen molar-refractivity contribution in [3.63, 3.8) is 0 Å². The van der Waals surface area contributed by atoms with E-state index in [1.165, 1.54) is 0 Å². The van der Waals surface area contributed by atoms with Gasteiger partial charge in [-0.15, -0.1) is 0 Å². The van der Waals surface area contributed by atoms with Gasteiger partial charge in [0.1, 0.15) is 11.9 Å². The third-order valence-electron chi connectivity index (χ3n) is 14.8. The Morgan fingerprint density at radius 2 is 1.28 bits per heavy atom. The molecule has 0 spiro atoms. The van der Waals surface area contributed by atoms with Gasteiger partial charge in [-0.05, 0) is 86.5 Å². The lowest BCUT2D eigenvalue weighted by Gasteiger charge is -2.47. The van der Waals surface area contributed by atoms with E-state index in [4.69, 9.17) is 18.0 Å². The van der Waals surface area contributed by atoms with Crippen molar-refractivity contribution < 1.29 is 32.7 Å². The van der Waals surface area contributed by atoms with Crippen molar-refractivity contribution in [2.75, 3.05) is 0 Å². The fraction of sp³-hybridized carbons (Fsp3) is 0.800. The van der Waals surface area contributed by atoms with Crippen molar-refractivity contribution in [3.8, 4) is 0 Å². The SMILES string of the molecule is C=C/C=C\[C@H](C)[C@H](O)[C@@H](C)C(=O)[C@@H](C)C/C(C)=C\[C@H](C)[C@@H](O[Si](C)(C)C(C)(C)C)[C@@H](C)/C=C\[C@H](C[C@@H]1OC(=O)[C@H](C)[C@@H](O[Si](C)(C)C(C)(C)C)[C@H]1C)O[Si](C)(C)C(C)(C)C. The molecule has 0 saturated carbocycles. The molecule has 7 nitrogen and oxygen atoms in total. The summed E-state index contributed by atoms with van der Waals surface area (Å²) in [4.78, 5) is 27.0. The summed E-state index contributed by atoms with van der Waals surface area (Å²) in [6.07, 6.45) is 11.6. The van der Waals surface area contributed by atoms with Crippen LogP contribution in [0.5, 0.6) is 0 Å². The molecule has 1 rings (SSSR count). The molecular weight excluding hydrogens is 797 g/mol. The van der Waals surface area contributed by atoms with Gasteiger partial charge in [0.2, 0.25) is 0 Å². The number of ether oxygens (including phenoxy) is 1. The summed E-state index contributed by atoms with van der Waals surface area (Å²) in [5.74, 6) is -1.22. The third kappa shape index (κ3) is 15.7. The van der Waals surface area contributed by atoms with E-state index < -0.39 is 37.0 Å². The molecule has 0 bridgehead atoms. The maximum atomic E-state index is 13.5. The minimum Gasteiger partial charge on any atom is -0.462 e. The van der Waals surface area contributed by atoms with Crippen LogP contribution in [0.2, 0.25) is 54.4 Å². The largest absolute Gasteiger partial charge is 0.462 e. The highest BCUT2D eigenvalue weighted by molar-refractivity contribution is 6.75. The first-order valence-corrected chi connectivity index (χ1v) is 31.7. The molecule has 348 valence electrons. The first kappa shape index (κ1) is 56.6. The summed E-state index contributed by atoms with van der Waals surface area (Å²) in [7, 11) is -6.62. The first-order valence-electron chi connectivity index (χ1n) is 23.0. The summed E-state index contributed by atoms with van der Waals surface area (Å²) < 4.78 is 27.7. The third-order valence-corrected chi connectivity index (χ3v) is 28.3. The van der Waals surface area contributed by atoms with Gasteiger partial charge in [0.05, 0.1) is 30.3 Å². The number of carbonyl (C=O) groups is 2. The molecule has 0 aromatic heterocycles. The summed E-state index contributed by atoms with van der Waals surface area (Å²) in [6, 6.07) is 0. The Balaban J connectivity index is 3.60. The molecule has 0 aliphatic carbocycles. The van der Waals surface area contributed by atoms with Crippen LogP contribution in [0.15, 0.2) is 48.6 Å². The fourth-order valence-electron chi connectivity index (χ4n) is 7.36. The number of rotatable bonds is 21. The van der Waals surface area contributed by atoms with Crippen molar-refractivity contribution >= 4 is 36.7 Å². The summed E-state index contributed by atoms with van der Waals surface area (Å²) >= 11 is 0. The van der Waals surface area contributed by atoms with Crippen molar-refractivity contribution in [1.29, 1.82) is 0 Å². The van der Waals surface area contributed by atoms with Crippen molar-refractivity contribution in [2.45, 2.75) is 215 Å². The predicted molar refractivity (Wildman–Crippen MR) is 263 cm³/mol. The van der Waals surface area contributed by atoms with Crippen molar-refractivity contribution in [1.82, 2.24) is 0 Å². The van der Waals surface area contributed by atoms with E-state index in [1.807, 2.05) is 39.8 Å². The van der Waals surface area contributed by atoms with Crippen LogP contribution < -0.4 is 0 Å². The van der Waals surface area contributed by atoms with Crippen LogP contribution in [0.25, 0.3) is 0 Å². The normalized spacial score (nSPS) is 24.7. The highest BCUT2D eigenvalue weighted by Crippen LogP contribution is 2.44. The minimum absolute atomic E-state index is 0.00369. The number of carbonyl (C=O) groups excluding carboxylic acids is 2.